The number of hydrogen-bond donors (Lipinski definition) is 1. The first-order valence-electron chi connectivity index (χ1n) is 6.21. The number of fused-ring (bicyclic) bond motifs is 1. The van der Waals surface area contributed by atoms with E-state index in [4.69, 9.17) is 35.4 Å². The van der Waals surface area contributed by atoms with Crippen LogP contribution >= 0.6 is 35.4 Å². The van der Waals surface area contributed by atoms with E-state index in [0.717, 1.165) is 11.0 Å². The number of likely N-dealkylation sites (N-methyl/N-ethyl adjacent to an activating group) is 1. The van der Waals surface area contributed by atoms with Crippen LogP contribution in [0.1, 0.15) is 19.9 Å². The van der Waals surface area contributed by atoms with E-state index in [1.54, 1.807) is 28.6 Å². The number of rotatable bonds is 3. The normalized spacial score (nSPS) is 12.7. The fourth-order valence-corrected chi connectivity index (χ4v) is 2.78. The average Bonchev–Trinajstić information content (AvgIpc) is 2.72. The molecule has 0 bridgehead atoms. The van der Waals surface area contributed by atoms with Crippen LogP contribution in [-0.2, 0) is 4.79 Å². The largest absolute Gasteiger partial charge is 0.344 e. The Kier molecular flexibility index (Phi) is 4.42. The molecule has 20 heavy (non-hydrogen) atoms. The molecule has 7 heteroatoms. The van der Waals surface area contributed by atoms with Gasteiger partial charge in [-0.2, -0.15) is 0 Å². The van der Waals surface area contributed by atoms with E-state index in [-0.39, 0.29) is 5.91 Å². The molecule has 0 saturated carbocycles. The van der Waals surface area contributed by atoms with Crippen LogP contribution in [-0.4, -0.2) is 34.0 Å². The maximum absolute atomic E-state index is 12.3. The quantitative estimate of drug-likeness (QED) is 0.862. The number of aromatic nitrogens is 2. The first-order valence-corrected chi connectivity index (χ1v) is 7.37. The Morgan fingerprint density at radius 3 is 2.65 bits per heavy atom. The number of imidazole rings is 1. The minimum absolute atomic E-state index is 0.00410. The van der Waals surface area contributed by atoms with Crippen molar-refractivity contribution in [3.05, 3.63) is 26.9 Å². The summed E-state index contributed by atoms with van der Waals surface area (Å²) >= 11 is 17.4. The molecule has 0 aliphatic carbocycles. The molecule has 0 aliphatic rings. The van der Waals surface area contributed by atoms with E-state index in [9.17, 15) is 4.79 Å². The number of nitrogens with zero attached hydrogens (tertiary/aromatic N) is 2. The number of hydrogen-bond acceptors (Lipinski definition) is 2. The minimum Gasteiger partial charge on any atom is -0.344 e. The predicted molar refractivity (Wildman–Crippen MR) is 85.2 cm³/mol. The standard InChI is InChI=1S/C13H15Cl2N3OS/c1-4-17(3)12(19)7(2)18-11-6-9(15)8(14)5-10(11)16-13(18)20/h5-7H,4H2,1-3H3,(H,16,20). The van der Waals surface area contributed by atoms with Crippen molar-refractivity contribution >= 4 is 52.4 Å². The van der Waals surface area contributed by atoms with Crippen molar-refractivity contribution in [2.75, 3.05) is 13.6 Å². The lowest BCUT2D eigenvalue weighted by atomic mass is 10.2. The molecule has 1 atom stereocenters. The van der Waals surface area contributed by atoms with Crippen LogP contribution in [0.2, 0.25) is 10.0 Å². The summed E-state index contributed by atoms with van der Waals surface area (Å²) in [5.41, 5.74) is 1.54. The molecule has 0 aliphatic heterocycles. The second-order valence-corrected chi connectivity index (χ2v) is 5.81. The number of aromatic amines is 1. The van der Waals surface area contributed by atoms with Gasteiger partial charge in [-0.15, -0.1) is 0 Å². The van der Waals surface area contributed by atoms with E-state index in [0.29, 0.717) is 21.4 Å². The lowest BCUT2D eigenvalue weighted by molar-refractivity contribution is -0.132. The van der Waals surface area contributed by atoms with Gasteiger partial charge in [0, 0.05) is 13.6 Å². The SMILES string of the molecule is CCN(C)C(=O)C(C)n1c(=S)[nH]c2cc(Cl)c(Cl)cc21. The summed E-state index contributed by atoms with van der Waals surface area (Å²) in [6, 6.07) is 3.03. The van der Waals surface area contributed by atoms with Crippen LogP contribution in [0.25, 0.3) is 11.0 Å². The molecule has 108 valence electrons. The Morgan fingerprint density at radius 1 is 1.45 bits per heavy atom. The van der Waals surface area contributed by atoms with Crippen LogP contribution in [0.5, 0.6) is 0 Å². The topological polar surface area (TPSA) is 41.0 Å². The maximum Gasteiger partial charge on any atom is 0.245 e. The highest BCUT2D eigenvalue weighted by molar-refractivity contribution is 7.71. The van der Waals surface area contributed by atoms with Gasteiger partial charge in [0.2, 0.25) is 5.91 Å². The summed E-state index contributed by atoms with van der Waals surface area (Å²) in [4.78, 5) is 17.0. The summed E-state index contributed by atoms with van der Waals surface area (Å²) in [5.74, 6) is -0.00410. The third kappa shape index (κ3) is 2.57. The van der Waals surface area contributed by atoms with Crippen molar-refractivity contribution in [2.24, 2.45) is 0 Å². The molecule has 4 nitrogen and oxygen atoms in total. The van der Waals surface area contributed by atoms with E-state index >= 15 is 0 Å². The maximum atomic E-state index is 12.3. The Labute approximate surface area is 132 Å². The van der Waals surface area contributed by atoms with Crippen molar-refractivity contribution in [1.82, 2.24) is 14.5 Å². The summed E-state index contributed by atoms with van der Waals surface area (Å²) in [6.45, 7) is 4.39. The molecule has 1 aromatic heterocycles. The summed E-state index contributed by atoms with van der Waals surface area (Å²) in [6.07, 6.45) is 0. The van der Waals surface area contributed by atoms with E-state index in [2.05, 4.69) is 4.98 Å². The molecule has 0 saturated heterocycles. The van der Waals surface area contributed by atoms with E-state index in [1.807, 2.05) is 13.8 Å². The highest BCUT2D eigenvalue weighted by Crippen LogP contribution is 2.29. The molecule has 2 rings (SSSR count). The molecule has 1 unspecified atom stereocenters. The number of benzene rings is 1. The van der Waals surface area contributed by atoms with Gasteiger partial charge in [0.05, 0.1) is 21.1 Å². The second kappa shape index (κ2) is 5.76. The van der Waals surface area contributed by atoms with Gasteiger partial charge in [-0.3, -0.25) is 4.79 Å². The van der Waals surface area contributed by atoms with Gasteiger partial charge in [-0.05, 0) is 38.2 Å². The van der Waals surface area contributed by atoms with Crippen LogP contribution in [0.4, 0.5) is 0 Å². The first kappa shape index (κ1) is 15.4. The lowest BCUT2D eigenvalue weighted by Gasteiger charge is -2.21. The van der Waals surface area contributed by atoms with E-state index < -0.39 is 6.04 Å². The summed E-state index contributed by atoms with van der Waals surface area (Å²) in [7, 11) is 1.77. The number of carbonyl (C=O) groups excluding carboxylic acids is 1. The molecule has 1 aromatic carbocycles. The molecule has 1 amide bonds. The molecule has 0 radical (unpaired) electrons. The Bertz CT molecular complexity index is 722. The molecule has 1 heterocycles. The van der Waals surface area contributed by atoms with Crippen molar-refractivity contribution in [2.45, 2.75) is 19.9 Å². The molecule has 1 N–H and O–H groups in total. The zero-order valence-electron chi connectivity index (χ0n) is 11.4. The minimum atomic E-state index is -0.404. The van der Waals surface area contributed by atoms with Gasteiger partial charge in [-0.25, -0.2) is 0 Å². The van der Waals surface area contributed by atoms with Crippen molar-refractivity contribution in [3.63, 3.8) is 0 Å². The Morgan fingerprint density at radius 2 is 2.05 bits per heavy atom. The van der Waals surface area contributed by atoms with Crippen LogP contribution < -0.4 is 0 Å². The molecule has 0 spiro atoms. The zero-order chi connectivity index (χ0) is 15.0. The van der Waals surface area contributed by atoms with Gasteiger partial charge < -0.3 is 14.5 Å². The first-order chi connectivity index (χ1) is 9.36. The Balaban J connectivity index is 2.59. The summed E-state index contributed by atoms with van der Waals surface area (Å²) in [5, 5.41) is 0.887. The molecule has 0 fully saturated rings. The third-order valence-corrected chi connectivity index (χ3v) is 4.37. The van der Waals surface area contributed by atoms with Gasteiger partial charge >= 0.3 is 0 Å². The number of amides is 1. The third-order valence-electron chi connectivity index (χ3n) is 3.35. The monoisotopic (exact) mass is 331 g/mol. The number of carbonyl (C=O) groups is 1. The highest BCUT2D eigenvalue weighted by Gasteiger charge is 2.21. The van der Waals surface area contributed by atoms with Crippen molar-refractivity contribution in [3.8, 4) is 0 Å². The molecular weight excluding hydrogens is 317 g/mol. The van der Waals surface area contributed by atoms with Crippen molar-refractivity contribution < 1.29 is 4.79 Å². The van der Waals surface area contributed by atoms with Gasteiger partial charge in [0.1, 0.15) is 6.04 Å². The fourth-order valence-electron chi connectivity index (χ4n) is 2.09. The number of nitrogens with one attached hydrogen (secondary N) is 1. The number of halogens is 2. The predicted octanol–water partition coefficient (Wildman–Crippen LogP) is 4.04. The van der Waals surface area contributed by atoms with Gasteiger partial charge in [-0.1, -0.05) is 23.2 Å². The van der Waals surface area contributed by atoms with Crippen LogP contribution in [0.3, 0.4) is 0 Å². The second-order valence-electron chi connectivity index (χ2n) is 4.61. The van der Waals surface area contributed by atoms with Crippen molar-refractivity contribution in [1.29, 1.82) is 0 Å². The molecule has 2 aromatic rings. The summed E-state index contributed by atoms with van der Waals surface area (Å²) < 4.78 is 2.24. The number of H-pyrrole nitrogens is 1. The van der Waals surface area contributed by atoms with Gasteiger partial charge in [0.25, 0.3) is 0 Å². The van der Waals surface area contributed by atoms with Gasteiger partial charge in [0.15, 0.2) is 4.77 Å². The molecular formula is C13H15Cl2N3OS. The lowest BCUT2D eigenvalue weighted by Crippen LogP contribution is -2.32. The van der Waals surface area contributed by atoms with E-state index in [1.165, 1.54) is 0 Å². The average molecular weight is 332 g/mol. The smallest absolute Gasteiger partial charge is 0.245 e. The fraction of sp³-hybridized carbons (Fsp3) is 0.385. The van der Waals surface area contributed by atoms with Crippen LogP contribution in [0.15, 0.2) is 12.1 Å². The zero-order valence-corrected chi connectivity index (χ0v) is 13.7. The van der Waals surface area contributed by atoms with Crippen LogP contribution in [0, 0.1) is 4.77 Å². The Hall–Kier alpha value is -1.04. The highest BCUT2D eigenvalue weighted by atomic mass is 35.5.